The van der Waals surface area contributed by atoms with Gasteiger partial charge in [0.05, 0.1) is 20.6 Å². The standard InChI is InChI=1S/C11H19NO2.C2H6/c1-8-9(7-12(4)5)10(13)6-11(2,3)14-8;1-2/h9H,1,6-7H2,2-5H3;1-2H3/p+1. The number of rotatable bonds is 2. The second-order valence-corrected chi connectivity index (χ2v) is 4.93. The van der Waals surface area contributed by atoms with E-state index in [2.05, 4.69) is 6.58 Å². The fraction of sp³-hybridized carbons (Fsp3) is 0.769. The number of hydrogen-bond acceptors (Lipinski definition) is 2. The van der Waals surface area contributed by atoms with Crippen molar-refractivity contribution in [2.75, 3.05) is 20.6 Å². The minimum atomic E-state index is -0.369. The second kappa shape index (κ2) is 6.04. The molecule has 1 fully saturated rings. The molecular formula is C13H26NO2+. The Morgan fingerprint density at radius 3 is 2.31 bits per heavy atom. The molecule has 0 aromatic rings. The molecule has 0 aromatic carbocycles. The first kappa shape index (κ1) is 15.2. The van der Waals surface area contributed by atoms with Gasteiger partial charge in [0, 0.05) is 6.42 Å². The van der Waals surface area contributed by atoms with Crippen LogP contribution in [-0.4, -0.2) is 32.0 Å². The van der Waals surface area contributed by atoms with Gasteiger partial charge in [0.2, 0.25) is 0 Å². The smallest absolute Gasteiger partial charge is 0.153 e. The molecule has 1 heterocycles. The van der Waals surface area contributed by atoms with E-state index in [1.807, 2.05) is 41.8 Å². The van der Waals surface area contributed by atoms with Gasteiger partial charge in [0.1, 0.15) is 17.3 Å². The third-order valence-electron chi connectivity index (χ3n) is 2.40. The summed E-state index contributed by atoms with van der Waals surface area (Å²) in [5, 5.41) is 0. The second-order valence-electron chi connectivity index (χ2n) is 4.93. The van der Waals surface area contributed by atoms with Gasteiger partial charge in [0.15, 0.2) is 5.78 Å². The predicted molar refractivity (Wildman–Crippen MR) is 66.4 cm³/mol. The van der Waals surface area contributed by atoms with Crippen LogP contribution in [0.15, 0.2) is 12.3 Å². The number of ketones is 1. The Hall–Kier alpha value is -0.830. The summed E-state index contributed by atoms with van der Waals surface area (Å²) in [6.07, 6.45) is 0.490. The molecule has 0 spiro atoms. The van der Waals surface area contributed by atoms with Gasteiger partial charge in [-0.15, -0.1) is 0 Å². The van der Waals surface area contributed by atoms with Crippen LogP contribution in [0.2, 0.25) is 0 Å². The lowest BCUT2D eigenvalue weighted by Crippen LogP contribution is -3.06. The van der Waals surface area contributed by atoms with Crippen molar-refractivity contribution in [3.63, 3.8) is 0 Å². The van der Waals surface area contributed by atoms with Crippen molar-refractivity contribution in [2.45, 2.75) is 39.7 Å². The zero-order chi connectivity index (χ0) is 12.9. The highest BCUT2D eigenvalue weighted by molar-refractivity contribution is 5.85. The highest BCUT2D eigenvalue weighted by atomic mass is 16.5. The molecule has 1 aliphatic rings. The van der Waals surface area contributed by atoms with E-state index < -0.39 is 0 Å². The number of nitrogens with one attached hydrogen (secondary N) is 1. The van der Waals surface area contributed by atoms with Crippen LogP contribution in [0.5, 0.6) is 0 Å². The van der Waals surface area contributed by atoms with Gasteiger partial charge in [0.25, 0.3) is 0 Å². The van der Waals surface area contributed by atoms with Gasteiger partial charge in [-0.25, -0.2) is 0 Å². The van der Waals surface area contributed by atoms with Crippen LogP contribution in [0.1, 0.15) is 34.1 Å². The van der Waals surface area contributed by atoms with Gasteiger partial charge in [-0.3, -0.25) is 4.79 Å². The molecule has 0 aliphatic carbocycles. The molecule has 0 radical (unpaired) electrons. The first-order valence-corrected chi connectivity index (χ1v) is 6.01. The highest BCUT2D eigenvalue weighted by Gasteiger charge is 2.38. The minimum absolute atomic E-state index is 0.118. The lowest BCUT2D eigenvalue weighted by atomic mass is 9.88. The molecule has 0 bridgehead atoms. The Morgan fingerprint density at radius 1 is 1.44 bits per heavy atom. The van der Waals surface area contributed by atoms with Crippen LogP contribution in [0, 0.1) is 5.92 Å². The highest BCUT2D eigenvalue weighted by Crippen LogP contribution is 2.30. The van der Waals surface area contributed by atoms with Crippen molar-refractivity contribution < 1.29 is 14.4 Å². The summed E-state index contributed by atoms with van der Waals surface area (Å²) in [5.74, 6) is 0.771. The average molecular weight is 228 g/mol. The Morgan fingerprint density at radius 2 is 1.94 bits per heavy atom. The molecule has 1 aliphatic heterocycles. The summed E-state index contributed by atoms with van der Waals surface area (Å²) in [6, 6.07) is 0. The fourth-order valence-electron chi connectivity index (χ4n) is 1.82. The maximum atomic E-state index is 11.8. The van der Waals surface area contributed by atoms with E-state index in [1.165, 1.54) is 4.90 Å². The fourth-order valence-corrected chi connectivity index (χ4v) is 1.82. The van der Waals surface area contributed by atoms with Crippen molar-refractivity contribution >= 4 is 5.78 Å². The van der Waals surface area contributed by atoms with E-state index in [1.54, 1.807) is 0 Å². The SMILES string of the molecule is C=C1OC(C)(C)CC(=O)C1C[NH+](C)C.CC. The van der Waals surface area contributed by atoms with Gasteiger partial charge >= 0.3 is 0 Å². The van der Waals surface area contributed by atoms with Crippen molar-refractivity contribution in [3.05, 3.63) is 12.3 Å². The Bertz CT molecular complexity index is 237. The summed E-state index contributed by atoms with van der Waals surface area (Å²) in [4.78, 5) is 13.0. The number of carbonyl (C=O) groups is 1. The number of carbonyl (C=O) groups excluding carboxylic acids is 1. The van der Waals surface area contributed by atoms with Crippen LogP contribution >= 0.6 is 0 Å². The molecule has 94 valence electrons. The van der Waals surface area contributed by atoms with Crippen LogP contribution in [0.25, 0.3) is 0 Å². The predicted octanol–water partition coefficient (Wildman–Crippen LogP) is 1.05. The summed E-state index contributed by atoms with van der Waals surface area (Å²) in [6.45, 7) is 12.5. The lowest BCUT2D eigenvalue weighted by molar-refractivity contribution is -0.860. The summed E-state index contributed by atoms with van der Waals surface area (Å²) in [5.41, 5.74) is -0.369. The maximum absolute atomic E-state index is 11.8. The molecule has 1 atom stereocenters. The molecule has 16 heavy (non-hydrogen) atoms. The van der Waals surface area contributed by atoms with E-state index in [4.69, 9.17) is 4.74 Å². The lowest BCUT2D eigenvalue weighted by Gasteiger charge is -2.36. The van der Waals surface area contributed by atoms with Crippen LogP contribution in [0.3, 0.4) is 0 Å². The molecule has 1 saturated heterocycles. The third kappa shape index (κ3) is 4.35. The van der Waals surface area contributed by atoms with E-state index in [0.29, 0.717) is 12.2 Å². The first-order chi connectivity index (χ1) is 7.32. The molecule has 0 amide bonds. The molecule has 1 unspecified atom stereocenters. The number of Topliss-reactive ketones (excluding diaryl/α,β-unsaturated/α-hetero) is 1. The van der Waals surface area contributed by atoms with Gasteiger partial charge in [-0.05, 0) is 13.8 Å². The minimum Gasteiger partial charge on any atom is -0.491 e. The van der Waals surface area contributed by atoms with E-state index in [0.717, 1.165) is 6.54 Å². The molecule has 0 aromatic heterocycles. The topological polar surface area (TPSA) is 30.7 Å². The van der Waals surface area contributed by atoms with Crippen molar-refractivity contribution in [1.29, 1.82) is 0 Å². The van der Waals surface area contributed by atoms with E-state index >= 15 is 0 Å². The normalized spacial score (nSPS) is 23.6. The van der Waals surface area contributed by atoms with Crippen molar-refractivity contribution in [3.8, 4) is 0 Å². The quantitative estimate of drug-likeness (QED) is 0.766. The van der Waals surface area contributed by atoms with Crippen molar-refractivity contribution in [2.24, 2.45) is 5.92 Å². The summed E-state index contributed by atoms with van der Waals surface area (Å²) in [7, 11) is 4.06. The molecule has 3 heteroatoms. The third-order valence-corrected chi connectivity index (χ3v) is 2.40. The largest absolute Gasteiger partial charge is 0.491 e. The van der Waals surface area contributed by atoms with Gasteiger partial charge < -0.3 is 9.64 Å². The zero-order valence-corrected chi connectivity index (χ0v) is 11.5. The van der Waals surface area contributed by atoms with Crippen LogP contribution in [0.4, 0.5) is 0 Å². The number of quaternary nitrogens is 1. The Balaban J connectivity index is 0.00000106. The Kier molecular flexibility index (Phi) is 5.73. The van der Waals surface area contributed by atoms with E-state index in [-0.39, 0.29) is 17.3 Å². The first-order valence-electron chi connectivity index (χ1n) is 6.01. The molecule has 1 rings (SSSR count). The Labute approximate surface area is 99.5 Å². The summed E-state index contributed by atoms with van der Waals surface area (Å²) < 4.78 is 5.63. The molecular weight excluding hydrogens is 202 g/mol. The van der Waals surface area contributed by atoms with Crippen LogP contribution < -0.4 is 4.90 Å². The molecule has 3 nitrogen and oxygen atoms in total. The molecule has 0 saturated carbocycles. The molecule has 1 N–H and O–H groups in total. The maximum Gasteiger partial charge on any atom is 0.153 e. The summed E-state index contributed by atoms with van der Waals surface area (Å²) >= 11 is 0. The van der Waals surface area contributed by atoms with Gasteiger partial charge in [-0.1, -0.05) is 20.4 Å². The van der Waals surface area contributed by atoms with Crippen LogP contribution in [-0.2, 0) is 9.53 Å². The van der Waals surface area contributed by atoms with Crippen molar-refractivity contribution in [1.82, 2.24) is 0 Å². The monoisotopic (exact) mass is 228 g/mol. The zero-order valence-electron chi connectivity index (χ0n) is 11.5. The average Bonchev–Trinajstić information content (AvgIpc) is 2.13. The number of hydrogen-bond donors (Lipinski definition) is 1. The number of ether oxygens (including phenoxy) is 1. The van der Waals surface area contributed by atoms with Gasteiger partial charge in [-0.2, -0.15) is 0 Å². The van der Waals surface area contributed by atoms with E-state index in [9.17, 15) is 4.79 Å².